The van der Waals surface area contributed by atoms with E-state index in [1.165, 1.54) is 0 Å². The number of carbonyl (C=O) groups is 1. The van der Waals surface area contributed by atoms with Crippen LogP contribution in [0.3, 0.4) is 0 Å². The van der Waals surface area contributed by atoms with E-state index in [9.17, 15) is 4.79 Å². The largest absolute Gasteiger partial charge is 0.310 e. The Balaban J connectivity index is 2.14. The number of anilines is 1. The molecule has 2 aromatic heterocycles. The van der Waals surface area contributed by atoms with E-state index in [-0.39, 0.29) is 5.91 Å². The van der Waals surface area contributed by atoms with E-state index < -0.39 is 0 Å². The van der Waals surface area contributed by atoms with Gasteiger partial charge in [0.15, 0.2) is 0 Å². The van der Waals surface area contributed by atoms with E-state index in [1.54, 1.807) is 0 Å². The summed E-state index contributed by atoms with van der Waals surface area (Å²) in [6.45, 7) is 6.09. The molecule has 1 N–H and O–H groups in total. The molecule has 3 rings (SSSR count). The van der Waals surface area contributed by atoms with Crippen LogP contribution >= 0.6 is 0 Å². The van der Waals surface area contributed by atoms with Gasteiger partial charge in [-0.1, -0.05) is 50.2 Å². The van der Waals surface area contributed by atoms with Gasteiger partial charge in [0, 0.05) is 17.7 Å². The van der Waals surface area contributed by atoms with Gasteiger partial charge in [0.25, 0.3) is 0 Å². The third-order valence-electron chi connectivity index (χ3n) is 3.74. The van der Waals surface area contributed by atoms with Gasteiger partial charge in [-0.15, -0.1) is 0 Å². The normalized spacial score (nSPS) is 11.1. The van der Waals surface area contributed by atoms with Crippen molar-refractivity contribution in [3.8, 4) is 11.3 Å². The summed E-state index contributed by atoms with van der Waals surface area (Å²) in [4.78, 5) is 17.0. The smallest absolute Gasteiger partial charge is 0.225 e. The highest BCUT2D eigenvalue weighted by Gasteiger charge is 2.17. The quantitative estimate of drug-likeness (QED) is 0.781. The number of hydrogen-bond acceptors (Lipinski definition) is 2. The lowest BCUT2D eigenvalue weighted by Crippen LogP contribution is -2.16. The molecule has 2 heterocycles. The predicted molar refractivity (Wildman–Crippen MR) is 93.4 cm³/mol. The molecule has 0 unspecified atom stereocenters. The Labute approximate surface area is 136 Å². The van der Waals surface area contributed by atoms with Gasteiger partial charge in [-0.05, 0) is 25.0 Å². The topological polar surface area (TPSA) is 46.4 Å². The molecular formula is C19H21N3O. The Morgan fingerprint density at radius 2 is 1.87 bits per heavy atom. The number of fused-ring (bicyclic) bond motifs is 1. The summed E-state index contributed by atoms with van der Waals surface area (Å²) >= 11 is 0. The Bertz CT molecular complexity index is 834. The number of pyridine rings is 1. The van der Waals surface area contributed by atoms with Gasteiger partial charge in [0.1, 0.15) is 17.2 Å². The van der Waals surface area contributed by atoms with Gasteiger partial charge in [-0.2, -0.15) is 0 Å². The molecule has 1 aromatic carbocycles. The number of hydrogen-bond donors (Lipinski definition) is 1. The Morgan fingerprint density at radius 1 is 1.13 bits per heavy atom. The van der Waals surface area contributed by atoms with E-state index in [1.807, 2.05) is 73.7 Å². The average Bonchev–Trinajstić information content (AvgIpc) is 2.87. The molecule has 3 aromatic rings. The summed E-state index contributed by atoms with van der Waals surface area (Å²) in [6, 6.07) is 15.9. The van der Waals surface area contributed by atoms with E-state index in [0.717, 1.165) is 28.4 Å². The molecule has 0 aliphatic carbocycles. The fourth-order valence-corrected chi connectivity index (χ4v) is 2.72. The molecule has 4 heteroatoms. The van der Waals surface area contributed by atoms with Crippen LogP contribution in [0.4, 0.5) is 5.82 Å². The van der Waals surface area contributed by atoms with Crippen LogP contribution in [0.1, 0.15) is 26.0 Å². The van der Waals surface area contributed by atoms with Gasteiger partial charge >= 0.3 is 0 Å². The molecule has 0 saturated heterocycles. The number of rotatable bonds is 4. The zero-order chi connectivity index (χ0) is 16.4. The molecule has 4 nitrogen and oxygen atoms in total. The van der Waals surface area contributed by atoms with Crippen LogP contribution in [0.25, 0.3) is 16.9 Å². The Kier molecular flexibility index (Phi) is 4.15. The highest BCUT2D eigenvalue weighted by molar-refractivity contribution is 5.94. The second kappa shape index (κ2) is 6.24. The number of carbonyl (C=O) groups excluding carboxylic acids is 1. The van der Waals surface area contributed by atoms with Crippen molar-refractivity contribution in [3.05, 3.63) is 54.2 Å². The lowest BCUT2D eigenvalue weighted by molar-refractivity contribution is -0.116. The van der Waals surface area contributed by atoms with Crippen molar-refractivity contribution in [3.63, 3.8) is 0 Å². The van der Waals surface area contributed by atoms with E-state index >= 15 is 0 Å². The molecule has 1 amide bonds. The molecular weight excluding hydrogens is 286 g/mol. The maximum Gasteiger partial charge on any atom is 0.225 e. The van der Waals surface area contributed by atoms with Crippen LogP contribution in [0.2, 0.25) is 0 Å². The van der Waals surface area contributed by atoms with Gasteiger partial charge < -0.3 is 5.32 Å². The Hall–Kier alpha value is -2.62. The van der Waals surface area contributed by atoms with Crippen LogP contribution in [0, 0.1) is 12.8 Å². The van der Waals surface area contributed by atoms with Crippen molar-refractivity contribution in [2.24, 2.45) is 5.92 Å². The minimum atomic E-state index is 0.0160. The molecule has 0 bridgehead atoms. The predicted octanol–water partition coefficient (Wildman–Crippen LogP) is 4.29. The number of nitrogens with zero attached hydrogens (tertiary/aromatic N) is 2. The number of aromatic nitrogens is 2. The van der Waals surface area contributed by atoms with Gasteiger partial charge in [-0.3, -0.25) is 9.20 Å². The molecule has 118 valence electrons. The zero-order valence-corrected chi connectivity index (χ0v) is 13.7. The number of benzene rings is 1. The van der Waals surface area contributed by atoms with Crippen LogP contribution in [-0.2, 0) is 4.79 Å². The highest BCUT2D eigenvalue weighted by atomic mass is 16.1. The molecule has 23 heavy (non-hydrogen) atoms. The van der Waals surface area contributed by atoms with Crippen LogP contribution in [0.5, 0.6) is 0 Å². The number of amides is 1. The summed E-state index contributed by atoms with van der Waals surface area (Å²) < 4.78 is 2.00. The van der Waals surface area contributed by atoms with Gasteiger partial charge in [0.2, 0.25) is 5.91 Å². The van der Waals surface area contributed by atoms with Crippen LogP contribution in [-0.4, -0.2) is 15.3 Å². The molecule has 0 fully saturated rings. The second-order valence-corrected chi connectivity index (χ2v) is 6.18. The van der Waals surface area contributed by atoms with E-state index in [0.29, 0.717) is 12.3 Å². The zero-order valence-electron chi connectivity index (χ0n) is 13.7. The third-order valence-corrected chi connectivity index (χ3v) is 3.74. The van der Waals surface area contributed by atoms with Gasteiger partial charge in [0.05, 0.1) is 0 Å². The van der Waals surface area contributed by atoms with Crippen LogP contribution < -0.4 is 5.32 Å². The average molecular weight is 307 g/mol. The summed E-state index contributed by atoms with van der Waals surface area (Å²) in [7, 11) is 0. The first-order chi connectivity index (χ1) is 11.1. The first-order valence-electron chi connectivity index (χ1n) is 7.89. The SMILES string of the molecule is Cc1cccc2nc(-c3ccccc3)c(NC(=O)CC(C)C)n12. The second-order valence-electron chi connectivity index (χ2n) is 6.18. The molecule has 0 radical (unpaired) electrons. The molecule has 0 aliphatic rings. The maximum absolute atomic E-state index is 12.3. The van der Waals surface area contributed by atoms with Crippen molar-refractivity contribution in [1.82, 2.24) is 9.38 Å². The third kappa shape index (κ3) is 3.11. The number of nitrogens with one attached hydrogen (secondary N) is 1. The maximum atomic E-state index is 12.3. The molecule has 0 aliphatic heterocycles. The number of aryl methyl sites for hydroxylation is 1. The standard InChI is InChI=1S/C19H21N3O/c1-13(2)12-17(23)21-19-18(15-9-5-4-6-10-15)20-16-11-7-8-14(3)22(16)19/h4-11,13H,12H2,1-3H3,(H,21,23). The summed E-state index contributed by atoms with van der Waals surface area (Å²) in [5, 5.41) is 3.07. The number of imidazole rings is 1. The summed E-state index contributed by atoms with van der Waals surface area (Å²) in [5.41, 5.74) is 3.67. The first kappa shape index (κ1) is 15.3. The minimum absolute atomic E-state index is 0.0160. The van der Waals surface area contributed by atoms with E-state index in [2.05, 4.69) is 5.32 Å². The molecule has 0 saturated carbocycles. The van der Waals surface area contributed by atoms with Crippen molar-refractivity contribution in [2.45, 2.75) is 27.2 Å². The fourth-order valence-electron chi connectivity index (χ4n) is 2.72. The van der Waals surface area contributed by atoms with Crippen molar-refractivity contribution >= 4 is 17.4 Å². The summed E-state index contributed by atoms with van der Waals surface area (Å²) in [5.74, 6) is 1.08. The van der Waals surface area contributed by atoms with E-state index in [4.69, 9.17) is 4.98 Å². The van der Waals surface area contributed by atoms with Crippen molar-refractivity contribution in [1.29, 1.82) is 0 Å². The molecule has 0 spiro atoms. The van der Waals surface area contributed by atoms with Crippen LogP contribution in [0.15, 0.2) is 48.5 Å². The lowest BCUT2D eigenvalue weighted by Gasteiger charge is -2.10. The van der Waals surface area contributed by atoms with Gasteiger partial charge in [-0.25, -0.2) is 4.98 Å². The monoisotopic (exact) mass is 307 g/mol. The van der Waals surface area contributed by atoms with Crippen molar-refractivity contribution in [2.75, 3.05) is 5.32 Å². The highest BCUT2D eigenvalue weighted by Crippen LogP contribution is 2.29. The first-order valence-corrected chi connectivity index (χ1v) is 7.89. The fraction of sp³-hybridized carbons (Fsp3) is 0.263. The minimum Gasteiger partial charge on any atom is -0.310 e. The molecule has 0 atom stereocenters. The lowest BCUT2D eigenvalue weighted by atomic mass is 10.1. The Morgan fingerprint density at radius 3 is 2.57 bits per heavy atom. The summed E-state index contributed by atoms with van der Waals surface area (Å²) in [6.07, 6.45) is 0.493. The van der Waals surface area contributed by atoms with Crippen molar-refractivity contribution < 1.29 is 4.79 Å².